The smallest absolute Gasteiger partial charge is 0.320 e. The van der Waals surface area contributed by atoms with Crippen molar-refractivity contribution in [1.29, 1.82) is 0 Å². The van der Waals surface area contributed by atoms with Gasteiger partial charge in [-0.25, -0.2) is 0 Å². The van der Waals surface area contributed by atoms with Gasteiger partial charge in [0.1, 0.15) is 6.04 Å². The number of rotatable bonds is 3. The van der Waals surface area contributed by atoms with Crippen molar-refractivity contribution in [2.24, 2.45) is 5.73 Å². The van der Waals surface area contributed by atoms with Crippen LogP contribution in [0.15, 0.2) is 12.2 Å². The number of carbonyl (C=O) groups is 1. The van der Waals surface area contributed by atoms with Crippen LogP contribution in [0.1, 0.15) is 13.3 Å². The molecule has 0 saturated heterocycles. The van der Waals surface area contributed by atoms with Crippen LogP contribution in [0.5, 0.6) is 0 Å². The summed E-state index contributed by atoms with van der Waals surface area (Å²) in [7, 11) is 0. The third kappa shape index (κ3) is 5.59. The van der Waals surface area contributed by atoms with Crippen molar-refractivity contribution in [2.75, 3.05) is 0 Å². The lowest BCUT2D eigenvalue weighted by molar-refractivity contribution is -0.138. The summed E-state index contributed by atoms with van der Waals surface area (Å²) >= 11 is 0. The monoisotopic (exact) mass is 165 g/mol. The Hall–Kier alpha value is -0.540. The van der Waals surface area contributed by atoms with Crippen LogP contribution in [0, 0.1) is 0 Å². The van der Waals surface area contributed by atoms with Gasteiger partial charge in [-0.2, -0.15) is 0 Å². The maximum absolute atomic E-state index is 10.0. The number of nitrogens with two attached hydrogens (primary N) is 1. The lowest BCUT2D eigenvalue weighted by Crippen LogP contribution is -2.29. The van der Waals surface area contributed by atoms with Gasteiger partial charge in [0.05, 0.1) is 0 Å². The molecule has 0 aromatic carbocycles. The second-order valence-electron chi connectivity index (χ2n) is 1.75. The molecule has 0 radical (unpaired) electrons. The summed E-state index contributed by atoms with van der Waals surface area (Å²) in [6.07, 6.45) is 3.92. The molecule has 60 valence electrons. The largest absolute Gasteiger partial charge is 0.480 e. The topological polar surface area (TPSA) is 63.3 Å². The number of halogens is 1. The number of carboxylic acids is 1. The van der Waals surface area contributed by atoms with Crippen LogP contribution < -0.4 is 5.73 Å². The maximum atomic E-state index is 10.0. The molecule has 1 atom stereocenters. The number of carboxylic acid groups (broad SMARTS) is 1. The van der Waals surface area contributed by atoms with Gasteiger partial charge in [0.15, 0.2) is 0 Å². The van der Waals surface area contributed by atoms with Gasteiger partial charge in [0.25, 0.3) is 0 Å². The molecular formula is C6H12ClNO2. The molecule has 0 rings (SSSR count). The Bertz CT molecular complexity index is 125. The zero-order valence-electron chi connectivity index (χ0n) is 5.78. The summed E-state index contributed by atoms with van der Waals surface area (Å²) < 4.78 is 0. The highest BCUT2D eigenvalue weighted by molar-refractivity contribution is 5.85. The highest BCUT2D eigenvalue weighted by Gasteiger charge is 2.07. The molecule has 4 heteroatoms. The van der Waals surface area contributed by atoms with Gasteiger partial charge in [-0.15, -0.1) is 12.4 Å². The number of hydrogen-bond donors (Lipinski definition) is 2. The van der Waals surface area contributed by atoms with Crippen molar-refractivity contribution in [2.45, 2.75) is 19.4 Å². The maximum Gasteiger partial charge on any atom is 0.320 e. The molecule has 0 aromatic heterocycles. The van der Waals surface area contributed by atoms with Crippen LogP contribution in [-0.4, -0.2) is 17.1 Å². The minimum Gasteiger partial charge on any atom is -0.480 e. The SMILES string of the molecule is CC=CC[C@H](N)C(=O)O.Cl. The molecule has 3 nitrogen and oxygen atoms in total. The first-order valence-electron chi connectivity index (χ1n) is 2.78. The molecule has 0 amide bonds. The van der Waals surface area contributed by atoms with E-state index >= 15 is 0 Å². The summed E-state index contributed by atoms with van der Waals surface area (Å²) in [5, 5.41) is 8.25. The third-order valence-electron chi connectivity index (χ3n) is 0.943. The Labute approximate surface area is 66.3 Å². The van der Waals surface area contributed by atoms with Crippen LogP contribution in [-0.2, 0) is 4.79 Å². The normalized spacial score (nSPS) is 12.6. The van der Waals surface area contributed by atoms with Crippen molar-refractivity contribution in [3.63, 3.8) is 0 Å². The van der Waals surface area contributed by atoms with Crippen LogP contribution in [0.3, 0.4) is 0 Å². The second kappa shape index (κ2) is 6.58. The van der Waals surface area contributed by atoms with E-state index in [9.17, 15) is 4.79 Å². The van der Waals surface area contributed by atoms with Crippen molar-refractivity contribution in [3.05, 3.63) is 12.2 Å². The van der Waals surface area contributed by atoms with E-state index in [1.54, 1.807) is 12.2 Å². The zero-order valence-corrected chi connectivity index (χ0v) is 6.60. The Kier molecular flexibility index (Phi) is 8.00. The number of aliphatic carboxylic acids is 1. The first-order valence-corrected chi connectivity index (χ1v) is 2.78. The van der Waals surface area contributed by atoms with Crippen molar-refractivity contribution in [1.82, 2.24) is 0 Å². The summed E-state index contributed by atoms with van der Waals surface area (Å²) in [5.74, 6) is -0.951. The summed E-state index contributed by atoms with van der Waals surface area (Å²) in [5.41, 5.74) is 5.15. The van der Waals surface area contributed by atoms with Crippen molar-refractivity contribution in [3.8, 4) is 0 Å². The van der Waals surface area contributed by atoms with E-state index in [1.807, 2.05) is 6.92 Å². The highest BCUT2D eigenvalue weighted by atomic mass is 35.5. The Morgan fingerprint density at radius 3 is 2.60 bits per heavy atom. The van der Waals surface area contributed by atoms with Gasteiger partial charge in [0, 0.05) is 0 Å². The average molecular weight is 166 g/mol. The quantitative estimate of drug-likeness (QED) is 0.608. The molecule has 0 aliphatic heterocycles. The fraction of sp³-hybridized carbons (Fsp3) is 0.500. The lowest BCUT2D eigenvalue weighted by Gasteiger charge is -1.98. The van der Waals surface area contributed by atoms with Crippen LogP contribution in [0.4, 0.5) is 0 Å². The van der Waals surface area contributed by atoms with Crippen LogP contribution >= 0.6 is 12.4 Å². The van der Waals surface area contributed by atoms with E-state index in [4.69, 9.17) is 10.8 Å². The summed E-state index contributed by atoms with van der Waals surface area (Å²) in [4.78, 5) is 10.0. The van der Waals surface area contributed by atoms with Gasteiger partial charge in [-0.1, -0.05) is 12.2 Å². The van der Waals surface area contributed by atoms with Gasteiger partial charge in [0.2, 0.25) is 0 Å². The van der Waals surface area contributed by atoms with E-state index in [0.717, 1.165) is 0 Å². The number of hydrogen-bond acceptors (Lipinski definition) is 2. The minimum atomic E-state index is -0.951. The molecule has 0 fully saturated rings. The lowest BCUT2D eigenvalue weighted by atomic mass is 10.2. The number of allylic oxidation sites excluding steroid dienone is 1. The van der Waals surface area contributed by atoms with E-state index < -0.39 is 12.0 Å². The molecular weight excluding hydrogens is 154 g/mol. The molecule has 0 unspecified atom stereocenters. The highest BCUT2D eigenvalue weighted by Crippen LogP contribution is 1.88. The van der Waals surface area contributed by atoms with Gasteiger partial charge in [-0.3, -0.25) is 4.79 Å². The molecule has 0 saturated carbocycles. The van der Waals surface area contributed by atoms with E-state index in [0.29, 0.717) is 6.42 Å². The Morgan fingerprint density at radius 1 is 1.80 bits per heavy atom. The van der Waals surface area contributed by atoms with Gasteiger partial charge >= 0.3 is 5.97 Å². The fourth-order valence-corrected chi connectivity index (χ4v) is 0.384. The standard InChI is InChI=1S/C6H11NO2.ClH/c1-2-3-4-5(7)6(8)9;/h2-3,5H,4,7H2,1H3,(H,8,9);1H/t5-;/m0./s1. The minimum absolute atomic E-state index is 0. The molecule has 0 aliphatic carbocycles. The van der Waals surface area contributed by atoms with Crippen LogP contribution in [0.2, 0.25) is 0 Å². The predicted octanol–water partition coefficient (Wildman–Crippen LogP) is 0.786. The average Bonchev–Trinajstić information content (AvgIpc) is 1.82. The molecule has 3 N–H and O–H groups in total. The summed E-state index contributed by atoms with van der Waals surface area (Å²) in [6, 6.07) is -0.749. The van der Waals surface area contributed by atoms with E-state index in [-0.39, 0.29) is 12.4 Å². The molecule has 0 aromatic rings. The Balaban J connectivity index is 0. The first kappa shape index (κ1) is 12.2. The van der Waals surface area contributed by atoms with Gasteiger partial charge < -0.3 is 10.8 Å². The van der Waals surface area contributed by atoms with Crippen molar-refractivity contribution >= 4 is 18.4 Å². The van der Waals surface area contributed by atoms with E-state index in [1.165, 1.54) is 0 Å². The van der Waals surface area contributed by atoms with Gasteiger partial charge in [-0.05, 0) is 13.3 Å². The predicted molar refractivity (Wildman–Crippen MR) is 42.3 cm³/mol. The molecule has 0 aliphatic rings. The molecule has 0 bridgehead atoms. The van der Waals surface area contributed by atoms with Crippen LogP contribution in [0.25, 0.3) is 0 Å². The van der Waals surface area contributed by atoms with E-state index in [2.05, 4.69) is 0 Å². The molecule has 10 heavy (non-hydrogen) atoms. The fourth-order valence-electron chi connectivity index (χ4n) is 0.384. The second-order valence-corrected chi connectivity index (χ2v) is 1.75. The Morgan fingerprint density at radius 2 is 2.30 bits per heavy atom. The third-order valence-corrected chi connectivity index (χ3v) is 0.943. The molecule has 0 heterocycles. The zero-order chi connectivity index (χ0) is 7.28. The summed E-state index contributed by atoms with van der Waals surface area (Å²) in [6.45, 7) is 1.83. The molecule has 0 spiro atoms. The first-order chi connectivity index (χ1) is 4.18. The van der Waals surface area contributed by atoms with Crippen molar-refractivity contribution < 1.29 is 9.90 Å².